The number of rotatable bonds is 10. The Morgan fingerprint density at radius 2 is 1.66 bits per heavy atom. The summed E-state index contributed by atoms with van der Waals surface area (Å²) in [4.78, 5) is 4.54. The molecule has 0 amide bonds. The van der Waals surface area contributed by atoms with Crippen LogP contribution >= 0.6 is 0 Å². The number of hydrogen-bond donors (Lipinski definition) is 0. The number of hydrogen-bond acceptors (Lipinski definition) is 1. The predicted molar refractivity (Wildman–Crippen MR) is 126 cm³/mol. The Morgan fingerprint density at radius 1 is 0.897 bits per heavy atom. The van der Waals surface area contributed by atoms with E-state index in [1.165, 1.54) is 92.9 Å². The highest BCUT2D eigenvalue weighted by molar-refractivity contribution is 5.71. The van der Waals surface area contributed by atoms with Crippen LogP contribution in [0.1, 0.15) is 102 Å². The third kappa shape index (κ3) is 5.93. The molecule has 2 aromatic rings. The van der Waals surface area contributed by atoms with E-state index in [0.717, 1.165) is 11.8 Å². The molecule has 1 aliphatic carbocycles. The van der Waals surface area contributed by atoms with Crippen molar-refractivity contribution in [2.45, 2.75) is 97.3 Å². The summed E-state index contributed by atoms with van der Waals surface area (Å²) in [6.07, 6.45) is 19.0. The van der Waals surface area contributed by atoms with Gasteiger partial charge >= 0.3 is 0 Å². The fraction of sp³-hybridized carbons (Fsp3) is 0.607. The van der Waals surface area contributed by atoms with Crippen LogP contribution in [0.25, 0.3) is 11.1 Å². The molecule has 1 aromatic heterocycles. The molecule has 0 aliphatic heterocycles. The molecule has 0 saturated heterocycles. The van der Waals surface area contributed by atoms with Crippen molar-refractivity contribution in [1.82, 2.24) is 4.98 Å². The summed E-state index contributed by atoms with van der Waals surface area (Å²) in [5.74, 6) is 2.36. The number of nitrogens with zero attached hydrogens (tertiary/aromatic N) is 1. The van der Waals surface area contributed by atoms with Crippen molar-refractivity contribution in [2.24, 2.45) is 11.8 Å². The molecule has 0 bridgehead atoms. The zero-order chi connectivity index (χ0) is 20.5. The molecule has 1 saturated carbocycles. The molecule has 1 aromatic carbocycles. The van der Waals surface area contributed by atoms with Crippen molar-refractivity contribution in [3.8, 4) is 11.1 Å². The fourth-order valence-electron chi connectivity index (χ4n) is 5.29. The van der Waals surface area contributed by atoms with Gasteiger partial charge in [-0.2, -0.15) is 0 Å². The van der Waals surface area contributed by atoms with Crippen LogP contribution < -0.4 is 0 Å². The van der Waals surface area contributed by atoms with Crippen molar-refractivity contribution < 1.29 is 0 Å². The normalized spacial score (nSPS) is 20.5. The van der Waals surface area contributed by atoms with Crippen LogP contribution in [0.15, 0.2) is 42.7 Å². The van der Waals surface area contributed by atoms with Crippen molar-refractivity contribution in [1.29, 1.82) is 0 Å². The second-order valence-corrected chi connectivity index (χ2v) is 9.26. The lowest BCUT2D eigenvalue weighted by Crippen LogP contribution is -2.19. The molecule has 1 aliphatic rings. The quantitative estimate of drug-likeness (QED) is 0.369. The van der Waals surface area contributed by atoms with E-state index in [1.54, 1.807) is 0 Å². The van der Waals surface area contributed by atoms with Crippen LogP contribution in [0.2, 0.25) is 0 Å². The number of unbranched alkanes of at least 4 members (excludes halogenated alkanes) is 4. The third-order valence-electron chi connectivity index (χ3n) is 7.38. The Balaban J connectivity index is 1.77. The monoisotopic (exact) mass is 391 g/mol. The second-order valence-electron chi connectivity index (χ2n) is 9.26. The van der Waals surface area contributed by atoms with E-state index >= 15 is 0 Å². The van der Waals surface area contributed by atoms with Crippen LogP contribution in [0.3, 0.4) is 0 Å². The Bertz CT molecular complexity index is 727. The zero-order valence-electron chi connectivity index (χ0n) is 19.0. The number of aromatic nitrogens is 1. The molecule has 0 N–H and O–H groups in total. The Morgan fingerprint density at radius 3 is 2.41 bits per heavy atom. The van der Waals surface area contributed by atoms with Gasteiger partial charge in [-0.15, -0.1) is 0 Å². The Kier molecular flexibility index (Phi) is 8.77. The first-order valence-electron chi connectivity index (χ1n) is 12.3. The third-order valence-corrected chi connectivity index (χ3v) is 7.38. The smallest absolute Gasteiger partial charge is 0.0308 e. The summed E-state index contributed by atoms with van der Waals surface area (Å²) < 4.78 is 0. The van der Waals surface area contributed by atoms with Crippen molar-refractivity contribution in [3.63, 3.8) is 0 Å². The molecule has 1 heteroatoms. The van der Waals surface area contributed by atoms with E-state index in [1.807, 2.05) is 6.20 Å². The fourth-order valence-corrected chi connectivity index (χ4v) is 5.29. The minimum atomic E-state index is 0.592. The summed E-state index contributed by atoms with van der Waals surface area (Å²) in [6.45, 7) is 7.09. The van der Waals surface area contributed by atoms with Gasteiger partial charge in [0.2, 0.25) is 0 Å². The minimum Gasteiger partial charge on any atom is -0.264 e. The molecule has 1 heterocycles. The Hall–Kier alpha value is -1.63. The van der Waals surface area contributed by atoms with Gasteiger partial charge in [0.05, 0.1) is 0 Å². The second kappa shape index (κ2) is 11.5. The molecular weight excluding hydrogens is 350 g/mol. The highest BCUT2D eigenvalue weighted by atomic mass is 14.6. The molecule has 158 valence electrons. The lowest BCUT2D eigenvalue weighted by Gasteiger charge is -2.33. The van der Waals surface area contributed by atoms with Gasteiger partial charge in [-0.25, -0.2) is 0 Å². The highest BCUT2D eigenvalue weighted by Gasteiger charge is 2.27. The lowest BCUT2D eigenvalue weighted by atomic mass is 9.73. The maximum atomic E-state index is 4.54. The molecule has 1 nitrogen and oxygen atoms in total. The topological polar surface area (TPSA) is 12.9 Å². The van der Waals surface area contributed by atoms with Crippen molar-refractivity contribution in [2.75, 3.05) is 0 Å². The first-order chi connectivity index (χ1) is 14.2. The van der Waals surface area contributed by atoms with E-state index in [4.69, 9.17) is 0 Å². The van der Waals surface area contributed by atoms with Crippen molar-refractivity contribution >= 4 is 0 Å². The zero-order valence-corrected chi connectivity index (χ0v) is 19.0. The summed E-state index contributed by atoms with van der Waals surface area (Å²) in [5.41, 5.74) is 5.84. The van der Waals surface area contributed by atoms with E-state index in [-0.39, 0.29) is 0 Å². The molecule has 0 radical (unpaired) electrons. The molecule has 1 atom stereocenters. The van der Waals surface area contributed by atoms with Crippen LogP contribution in [0, 0.1) is 11.8 Å². The van der Waals surface area contributed by atoms with Gasteiger partial charge in [0.25, 0.3) is 0 Å². The largest absolute Gasteiger partial charge is 0.264 e. The molecule has 1 fully saturated rings. The molecule has 3 rings (SSSR count). The van der Waals surface area contributed by atoms with Gasteiger partial charge in [-0.05, 0) is 71.8 Å². The summed E-state index contributed by atoms with van der Waals surface area (Å²) in [7, 11) is 0. The van der Waals surface area contributed by atoms with Gasteiger partial charge in [0, 0.05) is 12.4 Å². The molecular formula is C28H41N. The summed E-state index contributed by atoms with van der Waals surface area (Å²) in [5, 5.41) is 0. The predicted octanol–water partition coefficient (Wildman–Crippen LogP) is 8.58. The Labute approximate surface area is 179 Å². The maximum Gasteiger partial charge on any atom is 0.0308 e. The average Bonchev–Trinajstić information content (AvgIpc) is 2.79. The van der Waals surface area contributed by atoms with E-state index in [2.05, 4.69) is 62.3 Å². The summed E-state index contributed by atoms with van der Waals surface area (Å²) >= 11 is 0. The SMILES string of the molecule is CCCCCCCc1ccccc1-c1ccncc1C(C)C1CCC(CC)CC1. The number of benzene rings is 1. The van der Waals surface area contributed by atoms with Gasteiger partial charge < -0.3 is 0 Å². The van der Waals surface area contributed by atoms with Crippen LogP contribution in [-0.4, -0.2) is 4.98 Å². The molecule has 0 spiro atoms. The first kappa shape index (κ1) is 22.1. The van der Waals surface area contributed by atoms with Crippen LogP contribution in [0.4, 0.5) is 0 Å². The lowest BCUT2D eigenvalue weighted by molar-refractivity contribution is 0.244. The van der Waals surface area contributed by atoms with Gasteiger partial charge in [0.15, 0.2) is 0 Å². The standard InChI is InChI=1S/C28H41N/c1-4-6-7-8-9-12-25-13-10-11-14-26(25)27-19-20-29-21-28(27)22(3)24-17-15-23(5-2)16-18-24/h10-11,13-14,19-24H,4-9,12,15-18H2,1-3H3. The number of pyridine rings is 1. The van der Waals surface area contributed by atoms with Crippen LogP contribution in [0.5, 0.6) is 0 Å². The average molecular weight is 392 g/mol. The van der Waals surface area contributed by atoms with E-state index in [9.17, 15) is 0 Å². The molecule has 29 heavy (non-hydrogen) atoms. The van der Waals surface area contributed by atoms with Crippen molar-refractivity contribution in [3.05, 3.63) is 53.9 Å². The number of aryl methyl sites for hydroxylation is 1. The van der Waals surface area contributed by atoms with E-state index < -0.39 is 0 Å². The van der Waals surface area contributed by atoms with Gasteiger partial charge in [-0.1, -0.05) is 90.0 Å². The van der Waals surface area contributed by atoms with E-state index in [0.29, 0.717) is 5.92 Å². The molecule has 1 unspecified atom stereocenters. The maximum absolute atomic E-state index is 4.54. The summed E-state index contributed by atoms with van der Waals surface area (Å²) in [6, 6.07) is 11.4. The minimum absolute atomic E-state index is 0.592. The highest BCUT2D eigenvalue weighted by Crippen LogP contribution is 2.42. The first-order valence-corrected chi connectivity index (χ1v) is 12.3. The van der Waals surface area contributed by atoms with Crippen LogP contribution in [-0.2, 0) is 6.42 Å². The van der Waals surface area contributed by atoms with Gasteiger partial charge in [0.1, 0.15) is 0 Å². The van der Waals surface area contributed by atoms with Gasteiger partial charge in [-0.3, -0.25) is 4.98 Å².